The summed E-state index contributed by atoms with van der Waals surface area (Å²) < 4.78 is 10.1. The van der Waals surface area contributed by atoms with Gasteiger partial charge in [0.1, 0.15) is 11.6 Å². The van der Waals surface area contributed by atoms with E-state index in [-0.39, 0.29) is 12.3 Å². The van der Waals surface area contributed by atoms with Gasteiger partial charge < -0.3 is 18.8 Å². The molecule has 0 spiro atoms. The van der Waals surface area contributed by atoms with Crippen LogP contribution in [0.3, 0.4) is 0 Å². The number of rotatable bonds is 9. The van der Waals surface area contributed by atoms with Crippen LogP contribution >= 0.6 is 0 Å². The Bertz CT molecular complexity index is 1410. The summed E-state index contributed by atoms with van der Waals surface area (Å²) in [6.07, 6.45) is 7.94. The molecule has 188 valence electrons. The minimum atomic E-state index is 0.0594. The summed E-state index contributed by atoms with van der Waals surface area (Å²) in [4.78, 5) is 27.7. The molecule has 0 atom stereocenters. The third-order valence-corrected chi connectivity index (χ3v) is 6.62. The highest BCUT2D eigenvalue weighted by molar-refractivity contribution is 5.78. The normalized spacial score (nSPS) is 12.7. The van der Waals surface area contributed by atoms with E-state index in [2.05, 4.69) is 27.5 Å². The number of ether oxygens (including phenoxy) is 1. The molecule has 0 bridgehead atoms. The van der Waals surface area contributed by atoms with E-state index in [0.717, 1.165) is 46.9 Å². The number of fused-ring (bicyclic) bond motifs is 1. The molecule has 4 aromatic rings. The second-order valence-corrected chi connectivity index (χ2v) is 9.22. The zero-order valence-corrected chi connectivity index (χ0v) is 21.0. The summed E-state index contributed by atoms with van der Waals surface area (Å²) in [5.74, 6) is 1.78. The zero-order chi connectivity index (χ0) is 25.6. The lowest BCUT2D eigenvalue weighted by atomic mass is 10.1. The van der Waals surface area contributed by atoms with Gasteiger partial charge in [0.15, 0.2) is 5.69 Å². The topological polar surface area (TPSA) is 69.5 Å². The number of benzene rings is 2. The number of hydrogen-bond donors (Lipinski definition) is 0. The van der Waals surface area contributed by atoms with Crippen molar-refractivity contribution < 1.29 is 9.53 Å². The van der Waals surface area contributed by atoms with Crippen LogP contribution in [0.5, 0.6) is 5.75 Å². The quantitative estimate of drug-likeness (QED) is 0.240. The van der Waals surface area contributed by atoms with Gasteiger partial charge in [-0.2, -0.15) is 0 Å². The van der Waals surface area contributed by atoms with Crippen LogP contribution in [0.25, 0.3) is 16.1 Å². The summed E-state index contributed by atoms with van der Waals surface area (Å²) in [6, 6.07) is 15.5. The zero-order valence-electron chi connectivity index (χ0n) is 21.0. The van der Waals surface area contributed by atoms with Crippen molar-refractivity contribution >= 4 is 11.6 Å². The standard InChI is InChI=1S/C29H30N6O2/c1-3-4-15-37-27-8-6-5-7-25(27)26-19-33-13-14-34(20-28(33)32-26)29(36)16-24-17-31-21-35(24)18-22-9-11-23(30-2)12-10-22/h5-12,17,19,21H,3-4,13-16,18,20H2,1H3. The molecule has 2 aromatic heterocycles. The summed E-state index contributed by atoms with van der Waals surface area (Å²) in [5.41, 5.74) is 4.40. The van der Waals surface area contributed by atoms with Gasteiger partial charge in [-0.3, -0.25) is 4.79 Å². The highest BCUT2D eigenvalue weighted by atomic mass is 16.5. The van der Waals surface area contributed by atoms with E-state index >= 15 is 0 Å². The Balaban J connectivity index is 1.25. The van der Waals surface area contributed by atoms with Crippen molar-refractivity contribution in [3.8, 4) is 17.0 Å². The van der Waals surface area contributed by atoms with Gasteiger partial charge in [0.25, 0.3) is 0 Å². The van der Waals surface area contributed by atoms with E-state index in [1.807, 2.05) is 58.0 Å². The predicted octanol–water partition coefficient (Wildman–Crippen LogP) is 5.11. The number of carbonyl (C=O) groups is 1. The van der Waals surface area contributed by atoms with Crippen LogP contribution in [-0.2, 0) is 30.8 Å². The fourth-order valence-electron chi connectivity index (χ4n) is 4.50. The molecule has 1 amide bonds. The van der Waals surface area contributed by atoms with Gasteiger partial charge in [-0.25, -0.2) is 14.8 Å². The molecule has 1 aliphatic rings. The van der Waals surface area contributed by atoms with Crippen molar-refractivity contribution in [2.24, 2.45) is 0 Å². The first-order valence-electron chi connectivity index (χ1n) is 12.7. The second-order valence-electron chi connectivity index (χ2n) is 9.22. The van der Waals surface area contributed by atoms with Gasteiger partial charge in [0.2, 0.25) is 5.91 Å². The van der Waals surface area contributed by atoms with Crippen LogP contribution in [0, 0.1) is 6.57 Å². The molecular weight excluding hydrogens is 464 g/mol. The van der Waals surface area contributed by atoms with E-state index in [0.29, 0.717) is 38.5 Å². The van der Waals surface area contributed by atoms with E-state index < -0.39 is 0 Å². The molecule has 0 N–H and O–H groups in total. The van der Waals surface area contributed by atoms with Crippen molar-refractivity contribution in [3.63, 3.8) is 0 Å². The molecule has 0 saturated heterocycles. The molecule has 8 heteroatoms. The van der Waals surface area contributed by atoms with Gasteiger partial charge in [-0.05, 0) is 24.1 Å². The molecular formula is C29H30N6O2. The number of aromatic nitrogens is 4. The van der Waals surface area contributed by atoms with Crippen LogP contribution in [0.4, 0.5) is 5.69 Å². The maximum atomic E-state index is 13.2. The number of amides is 1. The maximum absolute atomic E-state index is 13.2. The Hall–Kier alpha value is -4.38. The first kappa shape index (κ1) is 24.3. The number of carbonyl (C=O) groups excluding carboxylic acids is 1. The minimum Gasteiger partial charge on any atom is -0.493 e. The lowest BCUT2D eigenvalue weighted by Crippen LogP contribution is -2.39. The number of para-hydroxylation sites is 1. The molecule has 0 radical (unpaired) electrons. The largest absolute Gasteiger partial charge is 0.493 e. The van der Waals surface area contributed by atoms with Crippen LogP contribution in [-0.4, -0.2) is 43.1 Å². The SMILES string of the molecule is [C-]#[N+]c1ccc(Cn2cncc2CC(=O)N2CCn3cc(-c4ccccc4OCCCC)nc3C2)cc1. The van der Waals surface area contributed by atoms with Crippen molar-refractivity contribution in [2.75, 3.05) is 13.2 Å². The summed E-state index contributed by atoms with van der Waals surface area (Å²) in [5, 5.41) is 0. The number of nitrogens with zero attached hydrogens (tertiary/aromatic N) is 6. The molecule has 1 aliphatic heterocycles. The first-order chi connectivity index (χ1) is 18.1. The third kappa shape index (κ3) is 5.56. The minimum absolute atomic E-state index is 0.0594. The highest BCUT2D eigenvalue weighted by Crippen LogP contribution is 2.30. The van der Waals surface area contributed by atoms with Crippen molar-refractivity contribution in [3.05, 3.63) is 95.8 Å². The average molecular weight is 495 g/mol. The second kappa shape index (κ2) is 11.1. The van der Waals surface area contributed by atoms with Crippen LogP contribution in [0.15, 0.2) is 67.3 Å². The third-order valence-electron chi connectivity index (χ3n) is 6.62. The predicted molar refractivity (Wildman–Crippen MR) is 141 cm³/mol. The summed E-state index contributed by atoms with van der Waals surface area (Å²) in [7, 11) is 0. The monoisotopic (exact) mass is 494 g/mol. The number of imidazole rings is 2. The molecule has 8 nitrogen and oxygen atoms in total. The molecule has 0 saturated carbocycles. The first-order valence-corrected chi connectivity index (χ1v) is 12.7. The van der Waals surface area contributed by atoms with Crippen molar-refractivity contribution in [2.45, 2.75) is 45.8 Å². The molecule has 0 unspecified atom stereocenters. The Morgan fingerprint density at radius 3 is 2.78 bits per heavy atom. The molecule has 0 aliphatic carbocycles. The van der Waals surface area contributed by atoms with Crippen LogP contribution < -0.4 is 4.74 Å². The van der Waals surface area contributed by atoms with E-state index in [1.165, 1.54) is 0 Å². The number of unbranched alkanes of at least 4 members (excludes halogenated alkanes) is 1. The maximum Gasteiger partial charge on any atom is 0.229 e. The lowest BCUT2D eigenvalue weighted by Gasteiger charge is -2.27. The fraction of sp³-hybridized carbons (Fsp3) is 0.310. The average Bonchev–Trinajstić information content (AvgIpc) is 3.55. The van der Waals surface area contributed by atoms with Gasteiger partial charge in [-0.1, -0.05) is 49.7 Å². The molecule has 2 aromatic carbocycles. The van der Waals surface area contributed by atoms with Gasteiger partial charge in [0, 0.05) is 43.3 Å². The van der Waals surface area contributed by atoms with Gasteiger partial charge in [0.05, 0.1) is 38.2 Å². The smallest absolute Gasteiger partial charge is 0.229 e. The molecule has 37 heavy (non-hydrogen) atoms. The van der Waals surface area contributed by atoms with Crippen molar-refractivity contribution in [1.82, 2.24) is 24.0 Å². The van der Waals surface area contributed by atoms with E-state index in [9.17, 15) is 4.79 Å². The van der Waals surface area contributed by atoms with Gasteiger partial charge >= 0.3 is 0 Å². The number of hydrogen-bond acceptors (Lipinski definition) is 4. The fourth-order valence-corrected chi connectivity index (χ4v) is 4.50. The van der Waals surface area contributed by atoms with Crippen LogP contribution in [0.1, 0.15) is 36.8 Å². The Morgan fingerprint density at radius 2 is 1.97 bits per heavy atom. The van der Waals surface area contributed by atoms with Gasteiger partial charge in [-0.15, -0.1) is 0 Å². The Labute approximate surface area is 217 Å². The summed E-state index contributed by atoms with van der Waals surface area (Å²) in [6.45, 7) is 12.4. The highest BCUT2D eigenvalue weighted by Gasteiger charge is 2.24. The molecule has 5 rings (SSSR count). The van der Waals surface area contributed by atoms with Crippen molar-refractivity contribution in [1.29, 1.82) is 0 Å². The molecule has 3 heterocycles. The Morgan fingerprint density at radius 1 is 1.14 bits per heavy atom. The van der Waals surface area contributed by atoms with E-state index in [1.54, 1.807) is 12.5 Å². The van der Waals surface area contributed by atoms with Crippen LogP contribution in [0.2, 0.25) is 0 Å². The Kier molecular flexibility index (Phi) is 7.31. The summed E-state index contributed by atoms with van der Waals surface area (Å²) >= 11 is 0. The van der Waals surface area contributed by atoms with E-state index in [4.69, 9.17) is 16.3 Å². The molecule has 0 fully saturated rings. The lowest BCUT2D eigenvalue weighted by molar-refractivity contribution is -0.132.